The highest BCUT2D eigenvalue weighted by atomic mass is 32.1. The summed E-state index contributed by atoms with van der Waals surface area (Å²) in [4.78, 5) is 0. The van der Waals surface area contributed by atoms with Crippen molar-refractivity contribution in [2.45, 2.75) is 25.2 Å². The smallest absolute Gasteiger partial charge is 0.199 e. The fourth-order valence-electron chi connectivity index (χ4n) is 3.20. The van der Waals surface area contributed by atoms with E-state index in [1.807, 2.05) is 28.8 Å². The zero-order chi connectivity index (χ0) is 16.7. The predicted molar refractivity (Wildman–Crippen MR) is 96.6 cm³/mol. The number of rotatable bonds is 4. The van der Waals surface area contributed by atoms with Crippen LogP contribution in [-0.2, 0) is 0 Å². The second kappa shape index (κ2) is 5.91. The van der Waals surface area contributed by atoms with Gasteiger partial charge in [-0.1, -0.05) is 29.8 Å². The third-order valence-electron chi connectivity index (χ3n) is 4.66. The fraction of sp³-hybridized carbons (Fsp3) is 0.263. The molecule has 1 saturated carbocycles. The molecule has 0 spiro atoms. The zero-order valence-corrected chi connectivity index (χ0v) is 14.5. The second-order valence-electron chi connectivity index (χ2n) is 6.28. The number of ether oxygens (including phenoxy) is 1. The Bertz CT molecular complexity index is 909. The summed E-state index contributed by atoms with van der Waals surface area (Å²) in [5.41, 5.74) is 3.68. The molecular formula is C19H19N3OS. The SMILES string of the molecule is COc1ccc(-n2c([C@H]3C[C@H]3c3ccc(C)cc3)n[nH]c2=S)cc1. The van der Waals surface area contributed by atoms with Gasteiger partial charge in [-0.25, -0.2) is 0 Å². The molecule has 3 aromatic rings. The Morgan fingerprint density at radius 1 is 1.08 bits per heavy atom. The number of nitrogens with zero attached hydrogens (tertiary/aromatic N) is 2. The first-order valence-electron chi connectivity index (χ1n) is 8.05. The quantitative estimate of drug-likeness (QED) is 0.712. The van der Waals surface area contributed by atoms with Gasteiger partial charge in [-0.2, -0.15) is 5.10 Å². The monoisotopic (exact) mass is 337 g/mol. The number of nitrogens with one attached hydrogen (secondary N) is 1. The van der Waals surface area contributed by atoms with Gasteiger partial charge < -0.3 is 4.74 Å². The Hall–Kier alpha value is -2.40. The van der Waals surface area contributed by atoms with Gasteiger partial charge in [0.15, 0.2) is 4.77 Å². The molecule has 1 N–H and O–H groups in total. The van der Waals surface area contributed by atoms with Gasteiger partial charge in [-0.05, 0) is 61.3 Å². The van der Waals surface area contributed by atoms with E-state index < -0.39 is 0 Å². The van der Waals surface area contributed by atoms with Gasteiger partial charge in [0.2, 0.25) is 0 Å². The summed E-state index contributed by atoms with van der Waals surface area (Å²) in [7, 11) is 1.67. The Balaban J connectivity index is 1.66. The van der Waals surface area contributed by atoms with E-state index in [1.54, 1.807) is 7.11 Å². The topological polar surface area (TPSA) is 42.8 Å². The maximum absolute atomic E-state index is 5.45. The third-order valence-corrected chi connectivity index (χ3v) is 4.93. The molecule has 0 unspecified atom stereocenters. The summed E-state index contributed by atoms with van der Waals surface area (Å²) in [6, 6.07) is 16.7. The van der Waals surface area contributed by atoms with Crippen LogP contribution < -0.4 is 4.74 Å². The van der Waals surface area contributed by atoms with E-state index in [-0.39, 0.29) is 0 Å². The second-order valence-corrected chi connectivity index (χ2v) is 6.67. The number of hydrogen-bond acceptors (Lipinski definition) is 3. The first-order chi connectivity index (χ1) is 11.7. The van der Waals surface area contributed by atoms with E-state index in [1.165, 1.54) is 11.1 Å². The average Bonchev–Trinajstić information content (AvgIpc) is 3.31. The van der Waals surface area contributed by atoms with E-state index in [0.717, 1.165) is 23.7 Å². The van der Waals surface area contributed by atoms with Gasteiger partial charge in [-0.15, -0.1) is 0 Å². The highest BCUT2D eigenvalue weighted by Crippen LogP contribution is 2.54. The van der Waals surface area contributed by atoms with E-state index in [4.69, 9.17) is 17.0 Å². The minimum atomic E-state index is 0.405. The maximum atomic E-state index is 5.45. The number of H-pyrrole nitrogens is 1. The van der Waals surface area contributed by atoms with Crippen molar-refractivity contribution in [1.29, 1.82) is 0 Å². The molecule has 1 heterocycles. The van der Waals surface area contributed by atoms with E-state index in [2.05, 4.69) is 41.4 Å². The van der Waals surface area contributed by atoms with Crippen LogP contribution in [0.1, 0.15) is 35.2 Å². The normalized spacial score (nSPS) is 19.2. The minimum Gasteiger partial charge on any atom is -0.497 e. The van der Waals surface area contributed by atoms with E-state index in [0.29, 0.717) is 16.6 Å². The molecule has 0 amide bonds. The molecule has 2 aromatic carbocycles. The summed E-state index contributed by atoms with van der Waals surface area (Å²) in [6.07, 6.45) is 1.11. The lowest BCUT2D eigenvalue weighted by molar-refractivity contribution is 0.414. The van der Waals surface area contributed by atoms with Gasteiger partial charge in [0.05, 0.1) is 7.11 Å². The molecule has 122 valence electrons. The zero-order valence-electron chi connectivity index (χ0n) is 13.7. The Morgan fingerprint density at radius 3 is 2.46 bits per heavy atom. The highest BCUT2D eigenvalue weighted by Gasteiger charge is 2.43. The van der Waals surface area contributed by atoms with Crippen LogP contribution in [0.15, 0.2) is 48.5 Å². The Morgan fingerprint density at radius 2 is 1.79 bits per heavy atom. The molecule has 0 bridgehead atoms. The van der Waals surface area contributed by atoms with Crippen LogP contribution in [0.3, 0.4) is 0 Å². The Labute approximate surface area is 146 Å². The van der Waals surface area contributed by atoms with Crippen LogP contribution in [-0.4, -0.2) is 21.9 Å². The number of aromatic nitrogens is 3. The van der Waals surface area contributed by atoms with Crippen LogP contribution in [0, 0.1) is 11.7 Å². The summed E-state index contributed by atoms with van der Waals surface area (Å²) >= 11 is 5.45. The standard InChI is InChI=1S/C19H19N3OS/c1-12-3-5-13(6-4-12)16-11-17(16)18-20-21-19(24)22(18)14-7-9-15(23-2)10-8-14/h3-10,16-17H,11H2,1-2H3,(H,21,24)/t16-,17-/m0/s1. The van der Waals surface area contributed by atoms with Crippen molar-refractivity contribution in [3.8, 4) is 11.4 Å². The number of aromatic amines is 1. The summed E-state index contributed by atoms with van der Waals surface area (Å²) in [5, 5.41) is 7.46. The molecule has 1 fully saturated rings. The van der Waals surface area contributed by atoms with Crippen LogP contribution in [0.5, 0.6) is 5.75 Å². The third kappa shape index (κ3) is 2.65. The van der Waals surface area contributed by atoms with Gasteiger partial charge in [0, 0.05) is 11.6 Å². The molecule has 0 saturated heterocycles. The minimum absolute atomic E-state index is 0.405. The molecule has 4 rings (SSSR count). The lowest BCUT2D eigenvalue weighted by Gasteiger charge is -2.08. The van der Waals surface area contributed by atoms with Crippen molar-refractivity contribution in [1.82, 2.24) is 14.8 Å². The maximum Gasteiger partial charge on any atom is 0.199 e. The van der Waals surface area contributed by atoms with Crippen LogP contribution >= 0.6 is 12.2 Å². The van der Waals surface area contributed by atoms with Crippen molar-refractivity contribution in [2.24, 2.45) is 0 Å². The highest BCUT2D eigenvalue weighted by molar-refractivity contribution is 7.71. The molecule has 0 aliphatic heterocycles. The van der Waals surface area contributed by atoms with Crippen LogP contribution in [0.4, 0.5) is 0 Å². The van der Waals surface area contributed by atoms with Gasteiger partial charge in [0.1, 0.15) is 11.6 Å². The lowest BCUT2D eigenvalue weighted by atomic mass is 10.1. The summed E-state index contributed by atoms with van der Waals surface area (Å²) < 4.78 is 7.90. The Kier molecular flexibility index (Phi) is 3.73. The molecule has 0 radical (unpaired) electrons. The molecule has 1 aromatic heterocycles. The van der Waals surface area contributed by atoms with E-state index in [9.17, 15) is 0 Å². The largest absolute Gasteiger partial charge is 0.497 e. The number of methoxy groups -OCH3 is 1. The molecule has 1 aliphatic carbocycles. The summed E-state index contributed by atoms with van der Waals surface area (Å²) in [5.74, 6) is 2.77. The molecule has 2 atom stereocenters. The number of hydrogen-bond donors (Lipinski definition) is 1. The van der Waals surface area contributed by atoms with Crippen molar-refractivity contribution in [2.75, 3.05) is 7.11 Å². The van der Waals surface area contributed by atoms with Crippen molar-refractivity contribution in [3.63, 3.8) is 0 Å². The van der Waals surface area contributed by atoms with Crippen molar-refractivity contribution in [3.05, 3.63) is 70.3 Å². The molecular weight excluding hydrogens is 318 g/mol. The molecule has 1 aliphatic rings. The first-order valence-corrected chi connectivity index (χ1v) is 8.46. The van der Waals surface area contributed by atoms with Crippen molar-refractivity contribution < 1.29 is 4.74 Å². The first kappa shape index (κ1) is 15.1. The van der Waals surface area contributed by atoms with Gasteiger partial charge in [-0.3, -0.25) is 9.67 Å². The molecule has 24 heavy (non-hydrogen) atoms. The number of aryl methyl sites for hydroxylation is 1. The van der Waals surface area contributed by atoms with Crippen LogP contribution in [0.25, 0.3) is 5.69 Å². The lowest BCUT2D eigenvalue weighted by Crippen LogP contribution is -2.01. The number of benzene rings is 2. The van der Waals surface area contributed by atoms with Crippen LogP contribution in [0.2, 0.25) is 0 Å². The van der Waals surface area contributed by atoms with Gasteiger partial charge in [0.25, 0.3) is 0 Å². The average molecular weight is 337 g/mol. The fourth-order valence-corrected chi connectivity index (χ4v) is 3.45. The molecule has 5 heteroatoms. The van der Waals surface area contributed by atoms with Gasteiger partial charge >= 0.3 is 0 Å². The van der Waals surface area contributed by atoms with Crippen molar-refractivity contribution >= 4 is 12.2 Å². The predicted octanol–water partition coefficient (Wildman–Crippen LogP) is 4.52. The van der Waals surface area contributed by atoms with E-state index >= 15 is 0 Å². The molecule has 4 nitrogen and oxygen atoms in total. The summed E-state index contributed by atoms with van der Waals surface area (Å²) in [6.45, 7) is 2.11.